The zero-order valence-corrected chi connectivity index (χ0v) is 14.3. The van der Waals surface area contributed by atoms with Crippen LogP contribution in [0, 0.1) is 11.3 Å². The van der Waals surface area contributed by atoms with Crippen LogP contribution in [0.4, 0.5) is 5.69 Å². The van der Waals surface area contributed by atoms with Crippen molar-refractivity contribution in [3.8, 4) is 0 Å². The van der Waals surface area contributed by atoms with Crippen LogP contribution in [0.1, 0.15) is 52.5 Å². The van der Waals surface area contributed by atoms with E-state index >= 15 is 0 Å². The number of anilines is 1. The minimum Gasteiger partial charge on any atom is -0.372 e. The van der Waals surface area contributed by atoms with Gasteiger partial charge >= 0.3 is 0 Å². The molecule has 1 N–H and O–H groups in total. The van der Waals surface area contributed by atoms with Gasteiger partial charge in [0.1, 0.15) is 0 Å². The van der Waals surface area contributed by atoms with Gasteiger partial charge < -0.3 is 10.2 Å². The summed E-state index contributed by atoms with van der Waals surface area (Å²) in [6, 6.07) is 9.13. The molecule has 0 aliphatic carbocycles. The standard InChI is InChI=1S/C19H32N2/c1-5-12-20-15-16-6-8-18(9-7-16)21-13-10-17(11-14-21)19(2,3)4/h6-9,17,20H,5,10-15H2,1-4H3. The van der Waals surface area contributed by atoms with Crippen molar-refractivity contribution in [2.75, 3.05) is 24.5 Å². The number of piperidine rings is 1. The monoisotopic (exact) mass is 288 g/mol. The molecule has 0 spiro atoms. The van der Waals surface area contributed by atoms with Crippen molar-refractivity contribution < 1.29 is 0 Å². The van der Waals surface area contributed by atoms with Gasteiger partial charge in [-0.3, -0.25) is 0 Å². The van der Waals surface area contributed by atoms with E-state index in [2.05, 4.69) is 62.2 Å². The maximum Gasteiger partial charge on any atom is 0.0366 e. The van der Waals surface area contributed by atoms with Crippen molar-refractivity contribution in [3.63, 3.8) is 0 Å². The largest absolute Gasteiger partial charge is 0.372 e. The highest BCUT2D eigenvalue weighted by Gasteiger charge is 2.28. The maximum absolute atomic E-state index is 3.46. The van der Waals surface area contributed by atoms with Crippen LogP contribution in [0.5, 0.6) is 0 Å². The summed E-state index contributed by atoms with van der Waals surface area (Å²) in [6.07, 6.45) is 3.84. The molecule has 0 unspecified atom stereocenters. The first kappa shape index (κ1) is 16.4. The van der Waals surface area contributed by atoms with Crippen LogP contribution < -0.4 is 10.2 Å². The van der Waals surface area contributed by atoms with Gasteiger partial charge in [-0.2, -0.15) is 0 Å². The minimum atomic E-state index is 0.459. The molecular weight excluding hydrogens is 256 g/mol. The fourth-order valence-electron chi connectivity index (χ4n) is 3.24. The normalized spacial score (nSPS) is 17.2. The molecule has 0 bridgehead atoms. The predicted molar refractivity (Wildman–Crippen MR) is 92.8 cm³/mol. The fraction of sp³-hybridized carbons (Fsp3) is 0.684. The lowest BCUT2D eigenvalue weighted by molar-refractivity contribution is 0.199. The Balaban J connectivity index is 1.86. The van der Waals surface area contributed by atoms with Crippen molar-refractivity contribution in [1.82, 2.24) is 5.32 Å². The highest BCUT2D eigenvalue weighted by molar-refractivity contribution is 5.48. The number of hydrogen-bond donors (Lipinski definition) is 1. The Morgan fingerprint density at radius 3 is 2.24 bits per heavy atom. The Morgan fingerprint density at radius 2 is 1.71 bits per heavy atom. The minimum absolute atomic E-state index is 0.459. The van der Waals surface area contributed by atoms with Crippen LogP contribution >= 0.6 is 0 Å². The van der Waals surface area contributed by atoms with Gasteiger partial charge in [-0.15, -0.1) is 0 Å². The second-order valence-electron chi connectivity index (χ2n) is 7.47. The van der Waals surface area contributed by atoms with Gasteiger partial charge in [0, 0.05) is 25.3 Å². The van der Waals surface area contributed by atoms with E-state index in [1.807, 2.05) is 0 Å². The van der Waals surface area contributed by atoms with E-state index in [9.17, 15) is 0 Å². The average Bonchev–Trinajstić information content (AvgIpc) is 2.48. The fourth-order valence-corrected chi connectivity index (χ4v) is 3.24. The number of nitrogens with one attached hydrogen (secondary N) is 1. The van der Waals surface area contributed by atoms with Gasteiger partial charge in [0.2, 0.25) is 0 Å². The summed E-state index contributed by atoms with van der Waals surface area (Å²) in [5.41, 5.74) is 3.24. The molecule has 1 aromatic carbocycles. The second-order valence-corrected chi connectivity index (χ2v) is 7.47. The van der Waals surface area contributed by atoms with Gasteiger partial charge in [-0.25, -0.2) is 0 Å². The van der Waals surface area contributed by atoms with E-state index in [4.69, 9.17) is 0 Å². The van der Waals surface area contributed by atoms with Gasteiger partial charge in [0.15, 0.2) is 0 Å². The molecule has 0 atom stereocenters. The maximum atomic E-state index is 3.46. The van der Waals surface area contributed by atoms with Gasteiger partial charge in [0.25, 0.3) is 0 Å². The van der Waals surface area contributed by atoms with E-state index in [1.54, 1.807) is 0 Å². The molecule has 118 valence electrons. The molecule has 0 amide bonds. The zero-order valence-electron chi connectivity index (χ0n) is 14.3. The van der Waals surface area contributed by atoms with Crippen molar-refractivity contribution in [3.05, 3.63) is 29.8 Å². The lowest BCUT2D eigenvalue weighted by Gasteiger charge is -2.39. The molecule has 0 radical (unpaired) electrons. The van der Waals surface area contributed by atoms with Gasteiger partial charge in [0.05, 0.1) is 0 Å². The molecule has 2 heteroatoms. The number of rotatable bonds is 5. The van der Waals surface area contributed by atoms with Crippen molar-refractivity contribution in [2.45, 2.75) is 53.5 Å². The Bertz CT molecular complexity index is 408. The molecule has 1 heterocycles. The van der Waals surface area contributed by atoms with Crippen molar-refractivity contribution in [1.29, 1.82) is 0 Å². The molecule has 1 aliphatic heterocycles. The first-order chi connectivity index (χ1) is 10.0. The van der Waals surface area contributed by atoms with E-state index in [1.165, 1.54) is 43.6 Å². The molecular formula is C19H32N2. The molecule has 1 aliphatic rings. The first-order valence-electron chi connectivity index (χ1n) is 8.55. The molecule has 2 rings (SSSR count). The SMILES string of the molecule is CCCNCc1ccc(N2CCC(C(C)(C)C)CC2)cc1. The summed E-state index contributed by atoms with van der Waals surface area (Å²) in [5, 5.41) is 3.46. The summed E-state index contributed by atoms with van der Waals surface area (Å²) in [7, 11) is 0. The molecule has 1 fully saturated rings. The zero-order chi connectivity index (χ0) is 15.3. The smallest absolute Gasteiger partial charge is 0.0366 e. The number of hydrogen-bond acceptors (Lipinski definition) is 2. The summed E-state index contributed by atoms with van der Waals surface area (Å²) in [5.74, 6) is 0.867. The van der Waals surface area contributed by atoms with Crippen molar-refractivity contribution in [2.24, 2.45) is 11.3 Å². The second kappa shape index (κ2) is 7.31. The summed E-state index contributed by atoms with van der Waals surface area (Å²) < 4.78 is 0. The van der Waals surface area contributed by atoms with Crippen LogP contribution in [-0.4, -0.2) is 19.6 Å². The molecule has 0 aromatic heterocycles. The van der Waals surface area contributed by atoms with E-state index in [0.717, 1.165) is 19.0 Å². The Hall–Kier alpha value is -1.02. The first-order valence-corrected chi connectivity index (χ1v) is 8.55. The summed E-state index contributed by atoms with van der Waals surface area (Å²) >= 11 is 0. The Labute approximate surface area is 130 Å². The molecule has 0 saturated carbocycles. The van der Waals surface area contributed by atoms with Crippen LogP contribution in [-0.2, 0) is 6.54 Å². The van der Waals surface area contributed by atoms with Crippen LogP contribution in [0.3, 0.4) is 0 Å². The van der Waals surface area contributed by atoms with Crippen molar-refractivity contribution >= 4 is 5.69 Å². The average molecular weight is 288 g/mol. The van der Waals surface area contributed by atoms with Crippen LogP contribution in [0.2, 0.25) is 0 Å². The highest BCUT2D eigenvalue weighted by Crippen LogP contribution is 2.35. The third-order valence-corrected chi connectivity index (χ3v) is 4.78. The van der Waals surface area contributed by atoms with E-state index in [0.29, 0.717) is 5.41 Å². The van der Waals surface area contributed by atoms with Crippen LogP contribution in [0.15, 0.2) is 24.3 Å². The van der Waals surface area contributed by atoms with Gasteiger partial charge in [-0.1, -0.05) is 39.8 Å². The summed E-state index contributed by atoms with van der Waals surface area (Å²) in [6.45, 7) is 13.8. The van der Waals surface area contributed by atoms with E-state index in [-0.39, 0.29) is 0 Å². The lowest BCUT2D eigenvalue weighted by atomic mass is 9.75. The number of nitrogens with zero attached hydrogens (tertiary/aromatic N) is 1. The molecule has 1 saturated heterocycles. The van der Waals surface area contributed by atoms with Gasteiger partial charge in [-0.05, 0) is 54.8 Å². The topological polar surface area (TPSA) is 15.3 Å². The quantitative estimate of drug-likeness (QED) is 0.805. The third-order valence-electron chi connectivity index (χ3n) is 4.78. The predicted octanol–water partition coefficient (Wildman–Crippen LogP) is 4.45. The Kier molecular flexibility index (Phi) is 5.69. The van der Waals surface area contributed by atoms with E-state index < -0.39 is 0 Å². The Morgan fingerprint density at radius 1 is 1.10 bits per heavy atom. The molecule has 21 heavy (non-hydrogen) atoms. The van der Waals surface area contributed by atoms with Crippen LogP contribution in [0.25, 0.3) is 0 Å². The molecule has 2 nitrogen and oxygen atoms in total. The third kappa shape index (κ3) is 4.74. The highest BCUT2D eigenvalue weighted by atomic mass is 15.1. The number of benzene rings is 1. The molecule has 1 aromatic rings. The lowest BCUT2D eigenvalue weighted by Crippen LogP contribution is -2.38. The summed E-state index contributed by atoms with van der Waals surface area (Å²) in [4.78, 5) is 2.55.